The van der Waals surface area contributed by atoms with Gasteiger partial charge in [-0.3, -0.25) is 9.59 Å². The summed E-state index contributed by atoms with van der Waals surface area (Å²) in [5.41, 5.74) is 6.92. The fourth-order valence-corrected chi connectivity index (χ4v) is 7.40. The molecule has 1 aliphatic heterocycles. The summed E-state index contributed by atoms with van der Waals surface area (Å²) in [4.78, 5) is 29.8. The van der Waals surface area contributed by atoms with E-state index in [1.54, 1.807) is 7.11 Å². The van der Waals surface area contributed by atoms with Gasteiger partial charge in [0.05, 0.1) is 10.7 Å². The highest BCUT2D eigenvalue weighted by atomic mass is 127. The highest BCUT2D eigenvalue weighted by Gasteiger charge is 2.43. The van der Waals surface area contributed by atoms with E-state index in [-0.39, 0.29) is 11.6 Å². The summed E-state index contributed by atoms with van der Waals surface area (Å²) < 4.78 is 12.9. The number of hydrogen-bond donors (Lipinski definition) is 0. The molecule has 0 bridgehead atoms. The summed E-state index contributed by atoms with van der Waals surface area (Å²) in [6, 6.07) is 22.0. The van der Waals surface area contributed by atoms with Crippen LogP contribution in [0.1, 0.15) is 61.1 Å². The summed E-state index contributed by atoms with van der Waals surface area (Å²) in [6.45, 7) is 1.12. The molecule has 6 rings (SSSR count). The SMILES string of the molecule is COc1cc(C2C3=C(CCCC3=O)N(CCc3ccccc3)C3=C2C(=O)CCC3)cc(I)c1OCc1ccc(Cl)cc1. The van der Waals surface area contributed by atoms with Crippen molar-refractivity contribution in [3.8, 4) is 11.5 Å². The second-order valence-corrected chi connectivity index (χ2v) is 12.6. The Labute approximate surface area is 265 Å². The van der Waals surface area contributed by atoms with Gasteiger partial charge in [0.1, 0.15) is 6.61 Å². The van der Waals surface area contributed by atoms with Gasteiger partial charge in [-0.2, -0.15) is 0 Å². The molecule has 0 N–H and O–H groups in total. The molecule has 0 saturated carbocycles. The van der Waals surface area contributed by atoms with Gasteiger partial charge in [-0.25, -0.2) is 0 Å². The Morgan fingerprint density at radius 2 is 1.50 bits per heavy atom. The van der Waals surface area contributed by atoms with Gasteiger partial charge >= 0.3 is 0 Å². The number of carbonyl (C=O) groups excluding carboxylic acids is 2. The summed E-state index contributed by atoms with van der Waals surface area (Å²) in [5, 5.41) is 0.679. The van der Waals surface area contributed by atoms with Crippen molar-refractivity contribution in [2.75, 3.05) is 13.7 Å². The fourth-order valence-electron chi connectivity index (χ4n) is 6.49. The van der Waals surface area contributed by atoms with Crippen LogP contribution in [0.2, 0.25) is 5.02 Å². The van der Waals surface area contributed by atoms with Crippen molar-refractivity contribution in [2.24, 2.45) is 0 Å². The number of ether oxygens (including phenoxy) is 2. The molecule has 0 atom stereocenters. The summed E-state index contributed by atoms with van der Waals surface area (Å²) in [5.74, 6) is 1.13. The van der Waals surface area contributed by atoms with E-state index >= 15 is 0 Å². The van der Waals surface area contributed by atoms with Crippen LogP contribution in [0.5, 0.6) is 11.5 Å². The van der Waals surface area contributed by atoms with E-state index in [9.17, 15) is 9.59 Å². The monoisotopic (exact) mass is 693 g/mol. The molecule has 42 heavy (non-hydrogen) atoms. The molecule has 3 aliphatic rings. The van der Waals surface area contributed by atoms with Gasteiger partial charge in [0.15, 0.2) is 23.1 Å². The van der Waals surface area contributed by atoms with E-state index in [1.165, 1.54) is 5.56 Å². The molecule has 1 heterocycles. The van der Waals surface area contributed by atoms with Gasteiger partial charge in [-0.15, -0.1) is 0 Å². The minimum absolute atomic E-state index is 0.146. The quantitative estimate of drug-likeness (QED) is 0.223. The molecule has 3 aromatic carbocycles. The lowest BCUT2D eigenvalue weighted by Gasteiger charge is -2.44. The van der Waals surface area contributed by atoms with Crippen LogP contribution in [0.4, 0.5) is 0 Å². The lowest BCUT2D eigenvalue weighted by molar-refractivity contribution is -0.117. The van der Waals surface area contributed by atoms with E-state index in [2.05, 4.69) is 57.8 Å². The molecular weight excluding hydrogens is 661 g/mol. The Kier molecular flexibility index (Phi) is 8.72. The van der Waals surface area contributed by atoms with Gasteiger partial charge in [-0.1, -0.05) is 54.1 Å². The molecule has 0 fully saturated rings. The normalized spacial score (nSPS) is 17.4. The third kappa shape index (κ3) is 5.76. The zero-order valence-corrected chi connectivity index (χ0v) is 26.5. The lowest BCUT2D eigenvalue weighted by Crippen LogP contribution is -2.40. The first-order chi connectivity index (χ1) is 20.4. The minimum atomic E-state index is -0.392. The van der Waals surface area contributed by atoms with E-state index in [1.807, 2.05) is 36.4 Å². The van der Waals surface area contributed by atoms with Gasteiger partial charge in [-0.05, 0) is 95.7 Å². The van der Waals surface area contributed by atoms with Crippen molar-refractivity contribution < 1.29 is 19.1 Å². The first kappa shape index (κ1) is 29.0. The van der Waals surface area contributed by atoms with Crippen LogP contribution in [0, 0.1) is 3.57 Å². The highest BCUT2D eigenvalue weighted by molar-refractivity contribution is 14.1. The van der Waals surface area contributed by atoms with Crippen LogP contribution in [-0.4, -0.2) is 30.1 Å². The molecule has 0 radical (unpaired) electrons. The second kappa shape index (κ2) is 12.6. The average Bonchev–Trinajstić information content (AvgIpc) is 3.00. The summed E-state index contributed by atoms with van der Waals surface area (Å²) in [7, 11) is 1.63. The Balaban J connectivity index is 1.40. The molecule has 216 valence electrons. The number of hydrogen-bond acceptors (Lipinski definition) is 5. The smallest absolute Gasteiger partial charge is 0.174 e. The largest absolute Gasteiger partial charge is 0.493 e. The third-order valence-electron chi connectivity index (χ3n) is 8.43. The number of methoxy groups -OCH3 is 1. The highest BCUT2D eigenvalue weighted by Crippen LogP contribution is 2.50. The van der Waals surface area contributed by atoms with Crippen molar-refractivity contribution in [3.63, 3.8) is 0 Å². The van der Waals surface area contributed by atoms with Crippen LogP contribution < -0.4 is 9.47 Å². The van der Waals surface area contributed by atoms with Crippen molar-refractivity contribution in [1.82, 2.24) is 4.90 Å². The van der Waals surface area contributed by atoms with Crippen LogP contribution >= 0.6 is 34.2 Å². The van der Waals surface area contributed by atoms with Crippen molar-refractivity contribution >= 4 is 45.8 Å². The predicted octanol–water partition coefficient (Wildman–Crippen LogP) is 8.19. The van der Waals surface area contributed by atoms with Gasteiger partial charge in [0.2, 0.25) is 0 Å². The summed E-state index contributed by atoms with van der Waals surface area (Å²) in [6.07, 6.45) is 5.22. The van der Waals surface area contributed by atoms with Crippen molar-refractivity contribution in [1.29, 1.82) is 0 Å². The standard InChI is InChI=1S/C35H33ClINO4/c1-41-31-20-24(19-26(37)35(31)42-21-23-13-15-25(36)16-14-23)32-33-27(9-5-11-29(33)39)38(18-17-22-7-3-2-4-8-22)28-10-6-12-30(40)34(28)32/h2-4,7-8,13-16,19-20,32H,5-6,9-12,17-18,21H2,1H3. The van der Waals surface area contributed by atoms with Crippen LogP contribution in [0.25, 0.3) is 0 Å². The average molecular weight is 694 g/mol. The molecule has 0 unspecified atom stereocenters. The molecule has 0 amide bonds. The maximum Gasteiger partial charge on any atom is 0.174 e. The summed E-state index contributed by atoms with van der Waals surface area (Å²) >= 11 is 8.32. The second-order valence-electron chi connectivity index (χ2n) is 11.0. The zero-order valence-electron chi connectivity index (χ0n) is 23.6. The molecule has 0 aromatic heterocycles. The van der Waals surface area contributed by atoms with Gasteiger partial charge in [0, 0.05) is 52.9 Å². The first-order valence-corrected chi connectivity index (χ1v) is 16.0. The van der Waals surface area contributed by atoms with E-state index < -0.39 is 5.92 Å². The number of carbonyl (C=O) groups is 2. The van der Waals surface area contributed by atoms with Gasteiger partial charge in [0.25, 0.3) is 0 Å². The van der Waals surface area contributed by atoms with Crippen LogP contribution in [0.3, 0.4) is 0 Å². The van der Waals surface area contributed by atoms with Crippen molar-refractivity contribution in [3.05, 3.63) is 115 Å². The Bertz CT molecular complexity index is 1530. The molecule has 7 heteroatoms. The van der Waals surface area contributed by atoms with E-state index in [4.69, 9.17) is 21.1 Å². The maximum atomic E-state index is 13.7. The van der Waals surface area contributed by atoms with Crippen molar-refractivity contribution in [2.45, 2.75) is 57.5 Å². The molecule has 3 aromatic rings. The first-order valence-electron chi connectivity index (χ1n) is 14.5. The Morgan fingerprint density at radius 1 is 0.857 bits per heavy atom. The number of rotatable bonds is 8. The van der Waals surface area contributed by atoms with Gasteiger partial charge < -0.3 is 14.4 Å². The van der Waals surface area contributed by atoms with E-state index in [0.29, 0.717) is 36.0 Å². The molecule has 0 spiro atoms. The van der Waals surface area contributed by atoms with E-state index in [0.717, 1.165) is 75.9 Å². The maximum absolute atomic E-state index is 13.7. The lowest BCUT2D eigenvalue weighted by atomic mass is 9.71. The number of allylic oxidation sites excluding steroid dienone is 4. The Morgan fingerprint density at radius 3 is 2.12 bits per heavy atom. The fraction of sp³-hybridized carbons (Fsp3) is 0.314. The molecule has 0 saturated heterocycles. The number of Topliss-reactive ketones (excluding diaryl/α,β-unsaturated/α-hetero) is 2. The predicted molar refractivity (Wildman–Crippen MR) is 173 cm³/mol. The molecule has 5 nitrogen and oxygen atoms in total. The topological polar surface area (TPSA) is 55.8 Å². The van der Waals surface area contributed by atoms with Crippen LogP contribution in [-0.2, 0) is 22.6 Å². The number of nitrogens with zero attached hydrogens (tertiary/aromatic N) is 1. The third-order valence-corrected chi connectivity index (χ3v) is 9.49. The number of halogens is 2. The zero-order chi connectivity index (χ0) is 29.2. The number of ketones is 2. The number of benzene rings is 3. The molecule has 2 aliphatic carbocycles. The Hall–Kier alpha value is -3.10. The van der Waals surface area contributed by atoms with Crippen LogP contribution in [0.15, 0.2) is 89.3 Å². The molecular formula is C35H33ClINO4. The minimum Gasteiger partial charge on any atom is -0.493 e.